The van der Waals surface area contributed by atoms with Gasteiger partial charge >= 0.3 is 5.97 Å². The van der Waals surface area contributed by atoms with Crippen molar-refractivity contribution in [1.82, 2.24) is 0 Å². The van der Waals surface area contributed by atoms with Crippen LogP contribution in [-0.4, -0.2) is 5.97 Å². The zero-order chi connectivity index (χ0) is 11.3. The van der Waals surface area contributed by atoms with Gasteiger partial charge in [-0.25, -0.2) is 10.3 Å². The summed E-state index contributed by atoms with van der Waals surface area (Å²) in [7, 11) is 0. The first-order valence-corrected chi connectivity index (χ1v) is 4.28. The number of benzene rings is 1. The first kappa shape index (κ1) is 10.8. The van der Waals surface area contributed by atoms with Crippen LogP contribution in [0, 0.1) is 18.3 Å². The molecular formula is C11H10N2O2. The van der Waals surface area contributed by atoms with E-state index in [1.165, 1.54) is 0 Å². The summed E-state index contributed by atoms with van der Waals surface area (Å²) in [4.78, 5) is 15.4. The zero-order valence-corrected chi connectivity index (χ0v) is 8.28. The Hall–Kier alpha value is -2.28. The smallest absolute Gasteiger partial charge is 0.339 e. The number of carbonyl (C=O) groups excluding carboxylic acids is 1. The van der Waals surface area contributed by atoms with E-state index < -0.39 is 5.97 Å². The number of nitriles is 1. The van der Waals surface area contributed by atoms with Crippen molar-refractivity contribution in [2.24, 2.45) is 0 Å². The SMILES string of the molecule is C=CC(=O)ONc1cccc(C)c1C#N. The Balaban J connectivity index is 2.86. The molecule has 1 N–H and O–H groups in total. The summed E-state index contributed by atoms with van der Waals surface area (Å²) in [6, 6.07) is 7.25. The molecule has 76 valence electrons. The Morgan fingerprint density at radius 3 is 3.00 bits per heavy atom. The molecule has 0 spiro atoms. The normalized spacial score (nSPS) is 8.80. The van der Waals surface area contributed by atoms with Gasteiger partial charge in [-0.3, -0.25) is 0 Å². The molecule has 1 rings (SSSR count). The molecule has 4 heteroatoms. The van der Waals surface area contributed by atoms with Gasteiger partial charge in [-0.2, -0.15) is 5.26 Å². The molecule has 0 aliphatic rings. The van der Waals surface area contributed by atoms with Crippen molar-refractivity contribution in [1.29, 1.82) is 5.26 Å². The fourth-order valence-electron chi connectivity index (χ4n) is 1.05. The van der Waals surface area contributed by atoms with Crippen LogP contribution in [-0.2, 0) is 9.63 Å². The van der Waals surface area contributed by atoms with E-state index in [4.69, 9.17) is 5.26 Å². The van der Waals surface area contributed by atoms with Gasteiger partial charge in [-0.1, -0.05) is 18.7 Å². The average molecular weight is 202 g/mol. The summed E-state index contributed by atoms with van der Waals surface area (Å²) in [6.07, 6.45) is 1.04. The third-order valence-electron chi connectivity index (χ3n) is 1.81. The molecule has 15 heavy (non-hydrogen) atoms. The lowest BCUT2D eigenvalue weighted by molar-refractivity contribution is -0.134. The fraction of sp³-hybridized carbons (Fsp3) is 0.0909. The van der Waals surface area contributed by atoms with E-state index in [0.29, 0.717) is 11.3 Å². The maximum absolute atomic E-state index is 10.8. The molecule has 0 fully saturated rings. The first-order valence-electron chi connectivity index (χ1n) is 4.28. The van der Waals surface area contributed by atoms with Crippen molar-refractivity contribution < 1.29 is 9.63 Å². The molecule has 0 radical (unpaired) electrons. The molecule has 0 atom stereocenters. The highest BCUT2D eigenvalue weighted by Crippen LogP contribution is 2.18. The van der Waals surface area contributed by atoms with Gasteiger partial charge in [-0.05, 0) is 18.6 Å². The van der Waals surface area contributed by atoms with E-state index in [2.05, 4.69) is 16.9 Å². The summed E-state index contributed by atoms with van der Waals surface area (Å²) in [5.41, 5.74) is 4.15. The topological polar surface area (TPSA) is 62.1 Å². The summed E-state index contributed by atoms with van der Waals surface area (Å²) in [5.74, 6) is -0.597. The monoisotopic (exact) mass is 202 g/mol. The second-order valence-corrected chi connectivity index (χ2v) is 2.84. The van der Waals surface area contributed by atoms with Crippen LogP contribution in [0.4, 0.5) is 5.69 Å². The van der Waals surface area contributed by atoms with Gasteiger partial charge in [0, 0.05) is 6.08 Å². The minimum absolute atomic E-state index is 0.453. The fourth-order valence-corrected chi connectivity index (χ4v) is 1.05. The number of nitrogens with one attached hydrogen (secondary N) is 1. The lowest BCUT2D eigenvalue weighted by atomic mass is 10.1. The number of rotatable bonds is 3. The van der Waals surface area contributed by atoms with Gasteiger partial charge in [0.2, 0.25) is 0 Å². The van der Waals surface area contributed by atoms with Crippen LogP contribution in [0.5, 0.6) is 0 Å². The van der Waals surface area contributed by atoms with Crippen LogP contribution in [0.2, 0.25) is 0 Å². The number of aryl methyl sites for hydroxylation is 1. The summed E-state index contributed by atoms with van der Waals surface area (Å²) < 4.78 is 0. The predicted octanol–water partition coefficient (Wildman–Crippen LogP) is 1.92. The molecule has 4 nitrogen and oxygen atoms in total. The predicted molar refractivity (Wildman–Crippen MR) is 55.8 cm³/mol. The van der Waals surface area contributed by atoms with Crippen LogP contribution in [0.15, 0.2) is 30.9 Å². The van der Waals surface area contributed by atoms with E-state index in [1.807, 2.05) is 6.07 Å². The van der Waals surface area contributed by atoms with Gasteiger partial charge in [0.05, 0.1) is 11.3 Å². The Kier molecular flexibility index (Phi) is 3.47. The quantitative estimate of drug-likeness (QED) is 0.600. The van der Waals surface area contributed by atoms with Crippen molar-refractivity contribution >= 4 is 11.7 Å². The minimum atomic E-state index is -0.597. The Bertz CT molecular complexity index is 433. The molecule has 0 saturated carbocycles. The molecule has 0 aliphatic heterocycles. The van der Waals surface area contributed by atoms with Crippen molar-refractivity contribution in [2.45, 2.75) is 6.92 Å². The van der Waals surface area contributed by atoms with Crippen LogP contribution < -0.4 is 5.48 Å². The highest BCUT2D eigenvalue weighted by atomic mass is 16.7. The summed E-state index contributed by atoms with van der Waals surface area (Å²) in [6.45, 7) is 5.06. The zero-order valence-electron chi connectivity index (χ0n) is 8.28. The van der Waals surface area contributed by atoms with Gasteiger partial charge in [0.15, 0.2) is 0 Å². The molecule has 0 saturated heterocycles. The molecule has 0 bridgehead atoms. The molecule has 0 amide bonds. The largest absolute Gasteiger partial charge is 0.355 e. The van der Waals surface area contributed by atoms with Gasteiger partial charge in [0.1, 0.15) is 6.07 Å². The summed E-state index contributed by atoms with van der Waals surface area (Å²) in [5, 5.41) is 8.87. The van der Waals surface area contributed by atoms with Crippen LogP contribution in [0.1, 0.15) is 11.1 Å². The second kappa shape index (κ2) is 4.82. The number of carbonyl (C=O) groups is 1. The summed E-state index contributed by atoms with van der Waals surface area (Å²) >= 11 is 0. The standard InChI is InChI=1S/C11H10N2O2/c1-3-11(14)15-13-10-6-4-5-8(2)9(10)7-12/h3-6,13H,1H2,2H3. The second-order valence-electron chi connectivity index (χ2n) is 2.84. The van der Waals surface area contributed by atoms with Crippen molar-refractivity contribution in [3.63, 3.8) is 0 Å². The maximum Gasteiger partial charge on any atom is 0.355 e. The minimum Gasteiger partial charge on any atom is -0.339 e. The van der Waals surface area contributed by atoms with Crippen LogP contribution in [0.3, 0.4) is 0 Å². The maximum atomic E-state index is 10.8. The van der Waals surface area contributed by atoms with Crippen LogP contribution >= 0.6 is 0 Å². The molecule has 1 aromatic carbocycles. The average Bonchev–Trinajstić information content (AvgIpc) is 2.25. The lowest BCUT2D eigenvalue weighted by Gasteiger charge is -2.07. The van der Waals surface area contributed by atoms with Crippen molar-refractivity contribution in [2.75, 3.05) is 5.48 Å². The molecule has 0 heterocycles. The molecule has 0 unspecified atom stereocenters. The highest BCUT2D eigenvalue weighted by Gasteiger charge is 2.05. The molecular weight excluding hydrogens is 192 g/mol. The molecule has 0 aliphatic carbocycles. The number of hydrogen-bond donors (Lipinski definition) is 1. The molecule has 1 aromatic rings. The van der Waals surface area contributed by atoms with E-state index >= 15 is 0 Å². The Labute approximate surface area is 87.7 Å². The van der Waals surface area contributed by atoms with Crippen LogP contribution in [0.25, 0.3) is 0 Å². The Morgan fingerprint density at radius 2 is 2.40 bits per heavy atom. The van der Waals surface area contributed by atoms with E-state index in [0.717, 1.165) is 11.6 Å². The lowest BCUT2D eigenvalue weighted by Crippen LogP contribution is -2.08. The number of hydrogen-bond acceptors (Lipinski definition) is 4. The van der Waals surface area contributed by atoms with Gasteiger partial charge in [0.25, 0.3) is 0 Å². The van der Waals surface area contributed by atoms with E-state index in [9.17, 15) is 4.79 Å². The van der Waals surface area contributed by atoms with E-state index in [-0.39, 0.29) is 0 Å². The number of anilines is 1. The van der Waals surface area contributed by atoms with Crippen molar-refractivity contribution in [3.05, 3.63) is 42.0 Å². The van der Waals surface area contributed by atoms with Gasteiger partial charge < -0.3 is 4.84 Å². The molecule has 0 aromatic heterocycles. The van der Waals surface area contributed by atoms with Crippen molar-refractivity contribution in [3.8, 4) is 6.07 Å². The van der Waals surface area contributed by atoms with E-state index in [1.54, 1.807) is 25.1 Å². The third kappa shape index (κ3) is 2.58. The first-order chi connectivity index (χ1) is 7.19. The number of nitrogens with zero attached hydrogens (tertiary/aromatic N) is 1. The highest BCUT2D eigenvalue weighted by molar-refractivity contribution is 5.82. The third-order valence-corrected chi connectivity index (χ3v) is 1.81. The van der Waals surface area contributed by atoms with Gasteiger partial charge in [-0.15, -0.1) is 0 Å². The Morgan fingerprint density at radius 1 is 1.67 bits per heavy atom.